The zero-order chi connectivity index (χ0) is 18.6. The van der Waals surface area contributed by atoms with Crippen LogP contribution in [-0.2, 0) is 11.3 Å². The van der Waals surface area contributed by atoms with Gasteiger partial charge in [-0.3, -0.25) is 9.89 Å². The largest absolute Gasteiger partial charge is 0.379 e. The van der Waals surface area contributed by atoms with Crippen molar-refractivity contribution in [2.45, 2.75) is 40.2 Å². The van der Waals surface area contributed by atoms with E-state index in [0.717, 1.165) is 50.4 Å². The van der Waals surface area contributed by atoms with E-state index in [1.165, 1.54) is 24.0 Å². The number of rotatable bonds is 5. The lowest BCUT2D eigenvalue weighted by Gasteiger charge is -2.26. The van der Waals surface area contributed by atoms with Crippen molar-refractivity contribution in [3.8, 4) is 0 Å². The molecule has 5 nitrogen and oxygen atoms in total. The third-order valence-electron chi connectivity index (χ3n) is 5.01. The van der Waals surface area contributed by atoms with Gasteiger partial charge in [0.25, 0.3) is 0 Å². The van der Waals surface area contributed by atoms with Crippen LogP contribution >= 0.6 is 0 Å². The third-order valence-corrected chi connectivity index (χ3v) is 5.01. The molecule has 0 bridgehead atoms. The zero-order valence-electron chi connectivity index (χ0n) is 16.6. The van der Waals surface area contributed by atoms with E-state index in [1.54, 1.807) is 0 Å². The summed E-state index contributed by atoms with van der Waals surface area (Å²) in [6, 6.07) is 4.19. The lowest BCUT2D eigenvalue weighted by Crippen LogP contribution is -2.35. The molecule has 5 heteroatoms. The van der Waals surface area contributed by atoms with Crippen molar-refractivity contribution in [3.63, 3.8) is 0 Å². The molecule has 1 aliphatic heterocycles. The van der Waals surface area contributed by atoms with Crippen molar-refractivity contribution in [2.75, 3.05) is 38.7 Å². The Morgan fingerprint density at radius 3 is 2.58 bits per heavy atom. The van der Waals surface area contributed by atoms with Crippen molar-refractivity contribution < 1.29 is 4.74 Å². The highest BCUT2D eigenvalue weighted by Crippen LogP contribution is 2.44. The molecule has 3 rings (SSSR count). The van der Waals surface area contributed by atoms with E-state index < -0.39 is 0 Å². The van der Waals surface area contributed by atoms with Gasteiger partial charge in [-0.25, -0.2) is 4.98 Å². The van der Waals surface area contributed by atoms with Gasteiger partial charge in [0, 0.05) is 32.9 Å². The van der Waals surface area contributed by atoms with Crippen LogP contribution in [-0.4, -0.2) is 49.1 Å². The number of hydrogen-bond acceptors (Lipinski definition) is 4. The number of anilines is 1. The number of nitrogens with zero attached hydrogens (tertiary/aromatic N) is 3. The number of hydrogen-bond donors (Lipinski definition) is 1. The van der Waals surface area contributed by atoms with Crippen molar-refractivity contribution >= 4 is 11.7 Å². The molecular formula is C21H32N4O. The molecule has 0 spiro atoms. The maximum atomic E-state index is 5.40. The molecule has 1 N–H and O–H groups in total. The summed E-state index contributed by atoms with van der Waals surface area (Å²) in [7, 11) is 1.83. The van der Waals surface area contributed by atoms with Crippen LogP contribution in [0.25, 0.3) is 0 Å². The monoisotopic (exact) mass is 356 g/mol. The van der Waals surface area contributed by atoms with E-state index >= 15 is 0 Å². The van der Waals surface area contributed by atoms with Gasteiger partial charge in [0.2, 0.25) is 0 Å². The van der Waals surface area contributed by atoms with E-state index in [0.29, 0.717) is 0 Å². The first-order valence-electron chi connectivity index (χ1n) is 9.66. The average Bonchev–Trinajstić information content (AvgIpc) is 3.44. The number of pyridine rings is 1. The number of aliphatic imine (C=N–C) groups is 1. The van der Waals surface area contributed by atoms with Gasteiger partial charge in [-0.05, 0) is 41.9 Å². The molecule has 0 aromatic carbocycles. The van der Waals surface area contributed by atoms with E-state index in [-0.39, 0.29) is 5.41 Å². The van der Waals surface area contributed by atoms with Crippen LogP contribution in [0.15, 0.2) is 35.0 Å². The summed E-state index contributed by atoms with van der Waals surface area (Å²) in [4.78, 5) is 11.4. The molecule has 1 saturated heterocycles. The molecule has 0 radical (unpaired) electrons. The van der Waals surface area contributed by atoms with Gasteiger partial charge in [-0.15, -0.1) is 0 Å². The molecule has 2 fully saturated rings. The molecule has 1 aliphatic carbocycles. The van der Waals surface area contributed by atoms with E-state index in [2.05, 4.69) is 53.1 Å². The molecule has 2 heterocycles. The van der Waals surface area contributed by atoms with Crippen LogP contribution in [0.2, 0.25) is 0 Å². The third kappa shape index (κ3) is 5.39. The predicted molar refractivity (Wildman–Crippen MR) is 108 cm³/mol. The Hall–Kier alpha value is -1.72. The second-order valence-corrected chi connectivity index (χ2v) is 8.30. The Balaban J connectivity index is 1.63. The second-order valence-electron chi connectivity index (χ2n) is 8.30. The summed E-state index contributed by atoms with van der Waals surface area (Å²) in [5.41, 5.74) is 2.89. The Morgan fingerprint density at radius 2 is 2.04 bits per heavy atom. The lowest BCUT2D eigenvalue weighted by atomic mass is 9.83. The average molecular weight is 357 g/mol. The van der Waals surface area contributed by atoms with Crippen LogP contribution < -0.4 is 5.32 Å². The highest BCUT2D eigenvalue weighted by atomic mass is 16.5. The molecule has 0 amide bonds. The molecule has 2 aliphatic rings. The highest BCUT2D eigenvalue weighted by Gasteiger charge is 2.33. The molecule has 0 unspecified atom stereocenters. The maximum absolute atomic E-state index is 5.40. The Morgan fingerprint density at radius 1 is 1.31 bits per heavy atom. The fourth-order valence-corrected chi connectivity index (χ4v) is 3.39. The summed E-state index contributed by atoms with van der Waals surface area (Å²) in [5, 5.41) is 3.37. The standard InChI is InChI=1S/C21H32N4O/c1-21(2,3)18(17-6-7-17)13-20(22-4)24-19-8-5-16(14-23-19)15-25-9-11-26-12-10-25/h5,8,13-14,17H,6-7,9-12,15H2,1-4H3,(H,22,23,24)/b18-13+. The van der Waals surface area contributed by atoms with Gasteiger partial charge in [0.05, 0.1) is 13.2 Å². The number of aromatic nitrogens is 1. The van der Waals surface area contributed by atoms with Crippen LogP contribution in [0.3, 0.4) is 0 Å². The summed E-state index contributed by atoms with van der Waals surface area (Å²) in [5.74, 6) is 2.45. The van der Waals surface area contributed by atoms with Gasteiger partial charge >= 0.3 is 0 Å². The summed E-state index contributed by atoms with van der Waals surface area (Å²) in [6.07, 6.45) is 6.78. The van der Waals surface area contributed by atoms with Gasteiger partial charge < -0.3 is 10.1 Å². The van der Waals surface area contributed by atoms with Crippen molar-refractivity contribution in [1.82, 2.24) is 9.88 Å². The van der Waals surface area contributed by atoms with Gasteiger partial charge in [0.1, 0.15) is 11.7 Å². The topological polar surface area (TPSA) is 49.8 Å². The number of morpholine rings is 1. The highest BCUT2D eigenvalue weighted by molar-refractivity contribution is 6.03. The van der Waals surface area contributed by atoms with Gasteiger partial charge in [-0.2, -0.15) is 0 Å². The predicted octanol–water partition coefficient (Wildman–Crippen LogP) is 3.74. The maximum Gasteiger partial charge on any atom is 0.131 e. The molecule has 1 aromatic heterocycles. The molecular weight excluding hydrogens is 324 g/mol. The van der Waals surface area contributed by atoms with Crippen molar-refractivity contribution in [2.24, 2.45) is 16.3 Å². The van der Waals surface area contributed by atoms with Crippen LogP contribution in [0.1, 0.15) is 39.2 Å². The molecule has 1 saturated carbocycles. The van der Waals surface area contributed by atoms with Gasteiger partial charge in [0.15, 0.2) is 0 Å². The number of ether oxygens (including phenoxy) is 1. The van der Waals surface area contributed by atoms with E-state index in [9.17, 15) is 0 Å². The van der Waals surface area contributed by atoms with E-state index in [4.69, 9.17) is 4.74 Å². The van der Waals surface area contributed by atoms with Crippen LogP contribution in [0.4, 0.5) is 5.82 Å². The zero-order valence-corrected chi connectivity index (χ0v) is 16.6. The minimum absolute atomic E-state index is 0.175. The number of nitrogens with one attached hydrogen (secondary N) is 1. The Labute approximate surface area is 157 Å². The molecule has 142 valence electrons. The number of allylic oxidation sites excluding steroid dienone is 1. The fraction of sp³-hybridized carbons (Fsp3) is 0.619. The normalized spacial score (nSPS) is 20.3. The number of amidine groups is 1. The summed E-state index contributed by atoms with van der Waals surface area (Å²) in [6.45, 7) is 11.4. The quantitative estimate of drug-likeness (QED) is 0.645. The summed E-state index contributed by atoms with van der Waals surface area (Å²) < 4.78 is 5.40. The van der Waals surface area contributed by atoms with Crippen molar-refractivity contribution in [1.29, 1.82) is 0 Å². The summed E-state index contributed by atoms with van der Waals surface area (Å²) >= 11 is 0. The smallest absolute Gasteiger partial charge is 0.131 e. The van der Waals surface area contributed by atoms with Gasteiger partial charge in [-0.1, -0.05) is 32.4 Å². The SMILES string of the molecule is CN=C(/C=C(\C1CC1)C(C)(C)C)Nc1ccc(CN2CCOCC2)cn1. The molecule has 26 heavy (non-hydrogen) atoms. The molecule has 0 atom stereocenters. The first-order valence-corrected chi connectivity index (χ1v) is 9.66. The van der Waals surface area contributed by atoms with Crippen LogP contribution in [0, 0.1) is 11.3 Å². The Bertz CT molecular complexity index is 648. The van der Waals surface area contributed by atoms with E-state index in [1.807, 2.05) is 19.3 Å². The second kappa shape index (κ2) is 8.31. The first kappa shape index (κ1) is 19.1. The lowest BCUT2D eigenvalue weighted by molar-refractivity contribution is 0.0341. The van der Waals surface area contributed by atoms with Crippen LogP contribution in [0.5, 0.6) is 0 Å². The molecule has 1 aromatic rings. The fourth-order valence-electron chi connectivity index (χ4n) is 3.39. The van der Waals surface area contributed by atoms with Crippen molar-refractivity contribution in [3.05, 3.63) is 35.5 Å². The minimum atomic E-state index is 0.175. The first-order chi connectivity index (χ1) is 12.5. The Kier molecular flexibility index (Phi) is 6.09. The minimum Gasteiger partial charge on any atom is -0.379 e.